The zero-order valence-corrected chi connectivity index (χ0v) is 13.9. The Labute approximate surface area is 144 Å². The summed E-state index contributed by atoms with van der Waals surface area (Å²) in [7, 11) is 1.59. The average molecular weight is 335 g/mol. The summed E-state index contributed by atoms with van der Waals surface area (Å²) in [5, 5.41) is 3.41. The van der Waals surface area contributed by atoms with Crippen molar-refractivity contribution in [1.29, 1.82) is 0 Å². The van der Waals surface area contributed by atoms with Crippen molar-refractivity contribution in [2.45, 2.75) is 6.92 Å². The number of aryl methyl sites for hydroxylation is 1. The molecule has 0 aliphatic heterocycles. The quantitative estimate of drug-likeness (QED) is 0.565. The van der Waals surface area contributed by atoms with Gasteiger partial charge in [-0.3, -0.25) is 10.1 Å². The van der Waals surface area contributed by atoms with Crippen LogP contribution >= 0.6 is 0 Å². The monoisotopic (exact) mass is 335 g/mol. The van der Waals surface area contributed by atoms with Gasteiger partial charge in [0.2, 0.25) is 5.96 Å². The number of nitrogens with zero attached hydrogens (tertiary/aromatic N) is 3. The highest BCUT2D eigenvalue weighted by molar-refractivity contribution is 6.05. The van der Waals surface area contributed by atoms with Crippen molar-refractivity contribution < 1.29 is 9.53 Å². The van der Waals surface area contributed by atoms with E-state index in [1.807, 2.05) is 25.1 Å². The number of rotatable bonds is 3. The minimum atomic E-state index is -0.346. The average Bonchev–Trinajstić information content (AvgIpc) is 2.61. The van der Waals surface area contributed by atoms with Crippen LogP contribution in [0, 0.1) is 6.92 Å². The number of carbonyl (C=O) groups excluding carboxylic acids is 1. The molecule has 0 spiro atoms. The predicted molar refractivity (Wildman–Crippen MR) is 96.0 cm³/mol. The van der Waals surface area contributed by atoms with Crippen molar-refractivity contribution in [2.24, 2.45) is 10.7 Å². The largest absolute Gasteiger partial charge is 0.497 e. The fraction of sp³-hybridized carbons (Fsp3) is 0.111. The molecule has 0 aliphatic carbocycles. The number of carbonyl (C=O) groups is 1. The summed E-state index contributed by atoms with van der Waals surface area (Å²) in [6.45, 7) is 1.86. The van der Waals surface area contributed by atoms with Gasteiger partial charge in [-0.05, 0) is 31.2 Å². The van der Waals surface area contributed by atoms with Crippen molar-refractivity contribution in [1.82, 2.24) is 15.3 Å². The van der Waals surface area contributed by atoms with Gasteiger partial charge in [0.15, 0.2) is 0 Å². The van der Waals surface area contributed by atoms with E-state index in [-0.39, 0.29) is 17.8 Å². The van der Waals surface area contributed by atoms with Crippen LogP contribution in [0.4, 0.5) is 5.95 Å². The maximum absolute atomic E-state index is 12.1. The maximum atomic E-state index is 12.1. The predicted octanol–water partition coefficient (Wildman–Crippen LogP) is 2.32. The Morgan fingerprint density at radius 3 is 2.64 bits per heavy atom. The van der Waals surface area contributed by atoms with E-state index in [0.717, 1.165) is 11.1 Å². The summed E-state index contributed by atoms with van der Waals surface area (Å²) in [5.41, 5.74) is 7.74. The minimum absolute atomic E-state index is 0.0736. The lowest BCUT2D eigenvalue weighted by Gasteiger charge is -2.06. The van der Waals surface area contributed by atoms with Gasteiger partial charge < -0.3 is 10.5 Å². The van der Waals surface area contributed by atoms with E-state index in [2.05, 4.69) is 20.3 Å². The molecule has 1 amide bonds. The van der Waals surface area contributed by atoms with Crippen LogP contribution in [0.1, 0.15) is 16.1 Å². The van der Waals surface area contributed by atoms with E-state index in [9.17, 15) is 4.79 Å². The molecule has 0 saturated carbocycles. The summed E-state index contributed by atoms with van der Waals surface area (Å²) in [4.78, 5) is 24.8. The first kappa shape index (κ1) is 16.4. The van der Waals surface area contributed by atoms with Gasteiger partial charge in [0, 0.05) is 17.0 Å². The van der Waals surface area contributed by atoms with Crippen molar-refractivity contribution in [3.8, 4) is 5.75 Å². The third-order valence-electron chi connectivity index (χ3n) is 3.58. The summed E-state index contributed by atoms with van der Waals surface area (Å²) in [5.74, 6) is 0.437. The van der Waals surface area contributed by atoms with Gasteiger partial charge in [-0.25, -0.2) is 9.97 Å². The molecule has 7 nitrogen and oxygen atoms in total. The first-order valence-corrected chi connectivity index (χ1v) is 7.60. The summed E-state index contributed by atoms with van der Waals surface area (Å²) in [6.07, 6.45) is 0. The number of guanidine groups is 1. The molecule has 3 rings (SSSR count). The van der Waals surface area contributed by atoms with Crippen LogP contribution in [0.15, 0.2) is 53.5 Å². The Kier molecular flexibility index (Phi) is 4.56. The molecule has 1 aromatic heterocycles. The summed E-state index contributed by atoms with van der Waals surface area (Å²) in [6, 6.07) is 14.3. The molecule has 7 heteroatoms. The Bertz CT molecular complexity index is 954. The fourth-order valence-corrected chi connectivity index (χ4v) is 2.34. The van der Waals surface area contributed by atoms with Gasteiger partial charge in [-0.15, -0.1) is 0 Å². The Morgan fingerprint density at radius 1 is 1.16 bits per heavy atom. The van der Waals surface area contributed by atoms with Crippen molar-refractivity contribution in [3.63, 3.8) is 0 Å². The second-order valence-electron chi connectivity index (χ2n) is 5.31. The molecule has 1 heterocycles. The number of amides is 1. The lowest BCUT2D eigenvalue weighted by Crippen LogP contribution is -2.36. The molecule has 0 unspecified atom stereocenters. The van der Waals surface area contributed by atoms with Crippen molar-refractivity contribution >= 4 is 28.7 Å². The number of nitrogens with two attached hydrogens (primary N) is 1. The van der Waals surface area contributed by atoms with Crippen LogP contribution in [0.5, 0.6) is 5.75 Å². The standard InChI is InChI=1S/C18H17N5O2/c1-11-14-9-8-13(25-2)10-15(14)21-18(20-11)23-17(19)22-16(24)12-6-4-3-5-7-12/h3-10H,1-2H3,(H3,19,20,21,22,23,24). The molecule has 3 aromatic rings. The van der Waals surface area contributed by atoms with Gasteiger partial charge >= 0.3 is 0 Å². The molecule has 0 aliphatic rings. The number of benzene rings is 2. The van der Waals surface area contributed by atoms with Crippen molar-refractivity contribution in [3.05, 3.63) is 59.8 Å². The molecular formula is C18H17N5O2. The van der Waals surface area contributed by atoms with E-state index in [4.69, 9.17) is 10.5 Å². The Morgan fingerprint density at radius 2 is 1.92 bits per heavy atom. The number of methoxy groups -OCH3 is 1. The molecule has 0 atom stereocenters. The number of hydrogen-bond acceptors (Lipinski definition) is 5. The van der Waals surface area contributed by atoms with Crippen LogP contribution < -0.4 is 15.8 Å². The Hall–Kier alpha value is -3.48. The highest BCUT2D eigenvalue weighted by Gasteiger charge is 2.08. The van der Waals surface area contributed by atoms with E-state index in [1.165, 1.54) is 0 Å². The molecule has 2 aromatic carbocycles. The van der Waals surface area contributed by atoms with E-state index < -0.39 is 0 Å². The third kappa shape index (κ3) is 3.72. The van der Waals surface area contributed by atoms with E-state index in [1.54, 1.807) is 37.4 Å². The zero-order chi connectivity index (χ0) is 17.8. The molecular weight excluding hydrogens is 318 g/mol. The Balaban J connectivity index is 1.88. The first-order chi connectivity index (χ1) is 12.1. The smallest absolute Gasteiger partial charge is 0.257 e. The van der Waals surface area contributed by atoms with E-state index >= 15 is 0 Å². The highest BCUT2D eigenvalue weighted by atomic mass is 16.5. The van der Waals surface area contributed by atoms with Crippen LogP contribution in [-0.4, -0.2) is 28.9 Å². The number of ether oxygens (including phenoxy) is 1. The van der Waals surface area contributed by atoms with Gasteiger partial charge in [0.25, 0.3) is 11.9 Å². The maximum Gasteiger partial charge on any atom is 0.257 e. The summed E-state index contributed by atoms with van der Waals surface area (Å²) >= 11 is 0. The lowest BCUT2D eigenvalue weighted by atomic mass is 10.2. The van der Waals surface area contributed by atoms with Crippen LogP contribution in [0.25, 0.3) is 10.9 Å². The molecule has 0 radical (unpaired) electrons. The molecule has 3 N–H and O–H groups in total. The van der Waals surface area contributed by atoms with Crippen LogP contribution in [-0.2, 0) is 0 Å². The number of hydrogen-bond donors (Lipinski definition) is 2. The van der Waals surface area contributed by atoms with E-state index in [0.29, 0.717) is 16.8 Å². The first-order valence-electron chi connectivity index (χ1n) is 7.60. The molecule has 25 heavy (non-hydrogen) atoms. The van der Waals surface area contributed by atoms with Gasteiger partial charge in [-0.1, -0.05) is 18.2 Å². The topological polar surface area (TPSA) is 102 Å². The number of aliphatic imine (C=N–C) groups is 1. The minimum Gasteiger partial charge on any atom is -0.497 e. The SMILES string of the molecule is COc1ccc2c(C)nc(N=C(N)NC(=O)c3ccccc3)nc2c1. The molecule has 0 bridgehead atoms. The fourth-order valence-electron chi connectivity index (χ4n) is 2.34. The van der Waals surface area contributed by atoms with Gasteiger partial charge in [-0.2, -0.15) is 4.99 Å². The second kappa shape index (κ2) is 6.96. The number of fused-ring (bicyclic) bond motifs is 1. The van der Waals surface area contributed by atoms with Gasteiger partial charge in [0.1, 0.15) is 5.75 Å². The normalized spacial score (nSPS) is 11.4. The van der Waals surface area contributed by atoms with Crippen LogP contribution in [0.2, 0.25) is 0 Å². The van der Waals surface area contributed by atoms with Crippen molar-refractivity contribution in [2.75, 3.05) is 7.11 Å². The molecule has 0 fully saturated rings. The third-order valence-corrected chi connectivity index (χ3v) is 3.58. The summed E-state index contributed by atoms with van der Waals surface area (Å²) < 4.78 is 5.21. The lowest BCUT2D eigenvalue weighted by molar-refractivity contribution is 0.0976. The molecule has 126 valence electrons. The zero-order valence-electron chi connectivity index (χ0n) is 13.9. The number of aromatic nitrogens is 2. The molecule has 0 saturated heterocycles. The highest BCUT2D eigenvalue weighted by Crippen LogP contribution is 2.23. The van der Waals surface area contributed by atoms with Crippen LogP contribution in [0.3, 0.4) is 0 Å². The number of nitrogens with one attached hydrogen (secondary N) is 1. The van der Waals surface area contributed by atoms with Gasteiger partial charge in [0.05, 0.1) is 18.3 Å². The second-order valence-corrected chi connectivity index (χ2v) is 5.31.